The molecule has 4 N–H and O–H groups in total. The summed E-state index contributed by atoms with van der Waals surface area (Å²) in [5.41, 5.74) is 1.96. The Hall–Kier alpha value is -4.60. The van der Waals surface area contributed by atoms with E-state index in [1.54, 1.807) is 109 Å². The highest BCUT2D eigenvalue weighted by molar-refractivity contribution is 6.34. The Bertz CT molecular complexity index is 1740. The van der Waals surface area contributed by atoms with Crippen molar-refractivity contribution in [2.24, 2.45) is 0 Å². The summed E-state index contributed by atoms with van der Waals surface area (Å²) >= 11 is 24.4. The summed E-state index contributed by atoms with van der Waals surface area (Å²) in [6.45, 7) is 0.736. The molecular weight excluding hydrogens is 718 g/mol. The number of unbranched alkanes of at least 4 members (excludes halogenated alkanes) is 3. The van der Waals surface area contributed by atoms with E-state index < -0.39 is 23.6 Å². The first-order valence-corrected chi connectivity index (χ1v) is 17.2. The first-order chi connectivity index (χ1) is 24.1. The normalized spacial score (nSPS) is 11.4. The molecule has 4 aromatic rings. The second-order valence-corrected chi connectivity index (χ2v) is 12.7. The molecule has 0 heterocycles. The van der Waals surface area contributed by atoms with Gasteiger partial charge in [-0.25, -0.2) is 0 Å². The van der Waals surface area contributed by atoms with Gasteiger partial charge in [-0.2, -0.15) is 0 Å². The van der Waals surface area contributed by atoms with E-state index in [2.05, 4.69) is 21.3 Å². The van der Waals surface area contributed by atoms with Gasteiger partial charge in [0.05, 0.1) is 21.2 Å². The average Bonchev–Trinajstić information content (AvgIpc) is 3.10. The van der Waals surface area contributed by atoms with Gasteiger partial charge >= 0.3 is 0 Å². The van der Waals surface area contributed by atoms with Crippen LogP contribution in [-0.4, -0.2) is 36.7 Å². The lowest BCUT2D eigenvalue weighted by molar-refractivity contribution is -0.118. The number of amides is 4. The number of nitrogens with one attached hydrogen (secondary N) is 4. The largest absolute Gasteiger partial charge is 0.351 e. The fourth-order valence-corrected chi connectivity index (χ4v) is 5.33. The topological polar surface area (TPSA) is 116 Å². The first kappa shape index (κ1) is 38.2. The van der Waals surface area contributed by atoms with Crippen molar-refractivity contribution in [3.05, 3.63) is 151 Å². The van der Waals surface area contributed by atoms with Crippen molar-refractivity contribution in [3.8, 4) is 0 Å². The smallest absolute Gasteiger partial charge is 0.267 e. The molecule has 0 saturated heterocycles. The maximum atomic E-state index is 13.1. The lowest BCUT2D eigenvalue weighted by Crippen LogP contribution is -2.35. The van der Waals surface area contributed by atoms with Crippen molar-refractivity contribution in [2.45, 2.75) is 25.7 Å². The summed E-state index contributed by atoms with van der Waals surface area (Å²) in [6.07, 6.45) is 6.01. The Morgan fingerprint density at radius 3 is 1.20 bits per heavy atom. The van der Waals surface area contributed by atoms with E-state index in [-0.39, 0.29) is 32.6 Å². The number of carbonyl (C=O) groups is 4. The summed E-state index contributed by atoms with van der Waals surface area (Å²) in [5, 5.41) is 12.7. The van der Waals surface area contributed by atoms with Crippen LogP contribution in [0.4, 0.5) is 0 Å². The molecular formula is C38H34Cl4N4O4. The Balaban J connectivity index is 1.26. The minimum Gasteiger partial charge on any atom is -0.351 e. The third-order valence-electron chi connectivity index (χ3n) is 7.26. The molecule has 8 nitrogen and oxygen atoms in total. The molecule has 0 saturated carbocycles. The van der Waals surface area contributed by atoms with Crippen molar-refractivity contribution in [2.75, 3.05) is 13.1 Å². The molecule has 0 unspecified atom stereocenters. The molecule has 258 valence electrons. The summed E-state index contributed by atoms with van der Waals surface area (Å²) in [7, 11) is 0. The molecule has 4 amide bonds. The van der Waals surface area contributed by atoms with E-state index in [1.807, 2.05) is 0 Å². The van der Waals surface area contributed by atoms with Gasteiger partial charge in [0.2, 0.25) is 0 Å². The average molecular weight is 753 g/mol. The number of hydrogen-bond donors (Lipinski definition) is 4. The predicted octanol–water partition coefficient (Wildman–Crippen LogP) is 8.34. The van der Waals surface area contributed by atoms with Gasteiger partial charge in [-0.1, -0.05) is 108 Å². The first-order valence-electron chi connectivity index (χ1n) is 15.7. The molecule has 12 heteroatoms. The molecule has 4 aromatic carbocycles. The van der Waals surface area contributed by atoms with Crippen LogP contribution in [0.1, 0.15) is 57.5 Å². The standard InChI is InChI=1S/C38H34Cl4N4O4/c39-27-17-13-25(14-18-27)23-33(45-35(47)29-9-3-5-11-31(29)41)37(49)43-21-7-1-2-8-22-44-38(50)34(24-26-15-19-28(40)20-16-26)46-36(48)30-10-4-6-12-32(30)42/h3-6,9-20,23-24H,1-2,7-8,21-22H2,(H,43,49)(H,44,50)(H,45,47)(H,46,48)/b33-23-,34-24-. The van der Waals surface area contributed by atoms with Crippen LogP contribution in [-0.2, 0) is 9.59 Å². The molecule has 0 aliphatic heterocycles. The lowest BCUT2D eigenvalue weighted by Gasteiger charge is -2.13. The highest BCUT2D eigenvalue weighted by Gasteiger charge is 2.18. The fourth-order valence-electron chi connectivity index (χ4n) is 4.64. The second-order valence-electron chi connectivity index (χ2n) is 11.0. The number of halogens is 4. The Labute approximate surface area is 310 Å². The number of carbonyl (C=O) groups excluding carboxylic acids is 4. The minimum absolute atomic E-state index is 0.0593. The zero-order valence-corrected chi connectivity index (χ0v) is 29.8. The molecule has 0 aromatic heterocycles. The molecule has 0 atom stereocenters. The number of rotatable bonds is 15. The molecule has 0 radical (unpaired) electrons. The summed E-state index contributed by atoms with van der Waals surface area (Å²) in [6, 6.07) is 26.8. The van der Waals surface area contributed by atoms with Crippen LogP contribution in [0.3, 0.4) is 0 Å². The second kappa shape index (κ2) is 19.6. The van der Waals surface area contributed by atoms with E-state index in [4.69, 9.17) is 46.4 Å². The van der Waals surface area contributed by atoms with Gasteiger partial charge in [0.15, 0.2) is 0 Å². The molecule has 0 fully saturated rings. The summed E-state index contributed by atoms with van der Waals surface area (Å²) in [5.74, 6) is -1.93. The van der Waals surface area contributed by atoms with Crippen LogP contribution >= 0.6 is 46.4 Å². The molecule has 0 bridgehead atoms. The fraction of sp³-hybridized carbons (Fsp3) is 0.158. The molecule has 50 heavy (non-hydrogen) atoms. The van der Waals surface area contributed by atoms with Crippen LogP contribution in [0.2, 0.25) is 20.1 Å². The molecule has 0 aliphatic rings. The van der Waals surface area contributed by atoms with Gasteiger partial charge in [0.1, 0.15) is 11.4 Å². The van der Waals surface area contributed by atoms with Crippen molar-refractivity contribution in [3.63, 3.8) is 0 Å². The lowest BCUT2D eigenvalue weighted by atomic mass is 10.1. The van der Waals surface area contributed by atoms with Gasteiger partial charge in [-0.3, -0.25) is 19.2 Å². The zero-order chi connectivity index (χ0) is 35.9. The molecule has 0 spiro atoms. The summed E-state index contributed by atoms with van der Waals surface area (Å²) in [4.78, 5) is 52.1. The van der Waals surface area contributed by atoms with Crippen LogP contribution in [0.15, 0.2) is 108 Å². The van der Waals surface area contributed by atoms with Crippen molar-refractivity contribution in [1.82, 2.24) is 21.3 Å². The highest BCUT2D eigenvalue weighted by atomic mass is 35.5. The van der Waals surface area contributed by atoms with Gasteiger partial charge in [-0.05, 0) is 84.7 Å². The van der Waals surface area contributed by atoms with Crippen molar-refractivity contribution >= 4 is 82.2 Å². The van der Waals surface area contributed by atoms with E-state index in [1.165, 1.54) is 0 Å². The van der Waals surface area contributed by atoms with Crippen molar-refractivity contribution < 1.29 is 19.2 Å². The van der Waals surface area contributed by atoms with Crippen LogP contribution in [0, 0.1) is 0 Å². The molecule has 0 aliphatic carbocycles. The number of hydrogen-bond acceptors (Lipinski definition) is 4. The Kier molecular flexibility index (Phi) is 14.9. The third kappa shape index (κ3) is 12.1. The van der Waals surface area contributed by atoms with Gasteiger partial charge in [0, 0.05) is 23.1 Å². The minimum atomic E-state index is -0.511. The summed E-state index contributed by atoms with van der Waals surface area (Å²) < 4.78 is 0. The van der Waals surface area contributed by atoms with Crippen LogP contribution in [0.25, 0.3) is 12.2 Å². The zero-order valence-electron chi connectivity index (χ0n) is 26.8. The van der Waals surface area contributed by atoms with Gasteiger partial charge in [0.25, 0.3) is 23.6 Å². The van der Waals surface area contributed by atoms with Crippen molar-refractivity contribution in [1.29, 1.82) is 0 Å². The maximum Gasteiger partial charge on any atom is 0.267 e. The molecule has 4 rings (SSSR count). The monoisotopic (exact) mass is 750 g/mol. The Morgan fingerprint density at radius 1 is 0.480 bits per heavy atom. The maximum absolute atomic E-state index is 13.1. The predicted molar refractivity (Wildman–Crippen MR) is 201 cm³/mol. The highest BCUT2D eigenvalue weighted by Crippen LogP contribution is 2.18. The van der Waals surface area contributed by atoms with Crippen LogP contribution in [0.5, 0.6) is 0 Å². The Morgan fingerprint density at radius 2 is 0.840 bits per heavy atom. The quantitative estimate of drug-likeness (QED) is 0.0722. The van der Waals surface area contributed by atoms with E-state index in [0.717, 1.165) is 12.8 Å². The third-order valence-corrected chi connectivity index (χ3v) is 8.42. The van der Waals surface area contributed by atoms with Gasteiger partial charge in [-0.15, -0.1) is 0 Å². The van der Waals surface area contributed by atoms with Gasteiger partial charge < -0.3 is 21.3 Å². The number of benzene rings is 4. The van der Waals surface area contributed by atoms with E-state index in [9.17, 15) is 19.2 Å². The SMILES string of the molecule is O=C(NCCCCCCNC(=O)/C(=C/c1ccc(Cl)cc1)NC(=O)c1ccccc1Cl)/C(=C/c1ccc(Cl)cc1)NC(=O)c1ccccc1Cl. The van der Waals surface area contributed by atoms with E-state index in [0.29, 0.717) is 47.1 Å². The van der Waals surface area contributed by atoms with E-state index >= 15 is 0 Å². The van der Waals surface area contributed by atoms with Crippen LogP contribution < -0.4 is 21.3 Å².